The number of carbonyl (C=O) groups excluding carboxylic acids is 3. The summed E-state index contributed by atoms with van der Waals surface area (Å²) < 4.78 is 10.2. The van der Waals surface area contributed by atoms with E-state index in [4.69, 9.17) is 9.47 Å². The summed E-state index contributed by atoms with van der Waals surface area (Å²) in [4.78, 5) is 50.7. The number of rotatable bonds is 5. The molecule has 10 nitrogen and oxygen atoms in total. The van der Waals surface area contributed by atoms with E-state index in [1.165, 1.54) is 4.90 Å². The quantitative estimate of drug-likeness (QED) is 0.667. The second-order valence-corrected chi connectivity index (χ2v) is 8.24. The van der Waals surface area contributed by atoms with Gasteiger partial charge in [0, 0.05) is 21.1 Å². The monoisotopic (exact) mass is 403 g/mol. The lowest BCUT2D eigenvalue weighted by atomic mass is 9.94. The summed E-state index contributed by atoms with van der Waals surface area (Å²) in [5.41, 5.74) is -1.66. The SMILES string of the molecule is CCOC(=O)C(C)(C)CNC(=O)N1CCN(C(=O)OC(C)(C)C)C[C@H]1C(=O)O.[HH]. The zero-order chi connectivity index (χ0) is 21.7. The van der Waals surface area contributed by atoms with Crippen LogP contribution in [0.5, 0.6) is 0 Å². The van der Waals surface area contributed by atoms with Gasteiger partial charge < -0.3 is 29.7 Å². The molecule has 1 aliphatic heterocycles. The number of carboxylic acid groups (broad SMARTS) is 1. The molecule has 1 aliphatic rings. The van der Waals surface area contributed by atoms with Gasteiger partial charge in [0.05, 0.1) is 18.6 Å². The van der Waals surface area contributed by atoms with Crippen molar-refractivity contribution in [1.82, 2.24) is 15.1 Å². The number of hydrogen-bond donors (Lipinski definition) is 2. The lowest BCUT2D eigenvalue weighted by molar-refractivity contribution is -0.153. The van der Waals surface area contributed by atoms with Gasteiger partial charge in [-0.15, -0.1) is 0 Å². The summed E-state index contributed by atoms with van der Waals surface area (Å²) >= 11 is 0. The first kappa shape index (κ1) is 23.5. The number of piperazine rings is 1. The predicted molar refractivity (Wildman–Crippen MR) is 102 cm³/mol. The lowest BCUT2D eigenvalue weighted by Crippen LogP contribution is -2.62. The van der Waals surface area contributed by atoms with E-state index in [2.05, 4.69) is 5.32 Å². The number of nitrogens with zero attached hydrogens (tertiary/aromatic N) is 2. The van der Waals surface area contributed by atoms with Gasteiger partial charge >= 0.3 is 24.1 Å². The van der Waals surface area contributed by atoms with Gasteiger partial charge in [0.15, 0.2) is 0 Å². The summed E-state index contributed by atoms with van der Waals surface area (Å²) in [5.74, 6) is -1.69. The second-order valence-electron chi connectivity index (χ2n) is 8.24. The molecule has 1 heterocycles. The molecule has 0 unspecified atom stereocenters. The molecule has 3 amide bonds. The molecule has 0 aromatic rings. The van der Waals surface area contributed by atoms with Gasteiger partial charge in [-0.3, -0.25) is 4.79 Å². The molecule has 1 rings (SSSR count). The predicted octanol–water partition coefficient (Wildman–Crippen LogP) is 1.54. The third kappa shape index (κ3) is 6.58. The maximum absolute atomic E-state index is 12.5. The van der Waals surface area contributed by atoms with Crippen LogP contribution in [0.15, 0.2) is 0 Å². The molecule has 0 bridgehead atoms. The molecule has 0 aliphatic carbocycles. The minimum Gasteiger partial charge on any atom is -0.480 e. The molecule has 1 fully saturated rings. The molecule has 0 saturated carbocycles. The van der Waals surface area contributed by atoms with E-state index in [0.29, 0.717) is 0 Å². The molecule has 2 N–H and O–H groups in total. The third-order valence-corrected chi connectivity index (χ3v) is 4.09. The average molecular weight is 403 g/mol. The van der Waals surface area contributed by atoms with Gasteiger partial charge in [-0.25, -0.2) is 14.4 Å². The van der Waals surface area contributed by atoms with Crippen LogP contribution in [0.2, 0.25) is 0 Å². The Morgan fingerprint density at radius 1 is 1.14 bits per heavy atom. The number of carbonyl (C=O) groups is 4. The molecular weight excluding hydrogens is 370 g/mol. The third-order valence-electron chi connectivity index (χ3n) is 4.09. The number of esters is 1. The maximum atomic E-state index is 12.5. The van der Waals surface area contributed by atoms with Crippen LogP contribution in [-0.2, 0) is 19.1 Å². The Kier molecular flexibility index (Phi) is 7.66. The van der Waals surface area contributed by atoms with E-state index in [-0.39, 0.29) is 34.2 Å². The topological polar surface area (TPSA) is 125 Å². The van der Waals surface area contributed by atoms with Crippen molar-refractivity contribution in [3.8, 4) is 0 Å². The van der Waals surface area contributed by atoms with Gasteiger partial charge in [0.1, 0.15) is 11.6 Å². The van der Waals surface area contributed by atoms with Crippen molar-refractivity contribution >= 4 is 24.1 Å². The molecule has 10 heteroatoms. The molecule has 0 spiro atoms. The Labute approximate surface area is 166 Å². The standard InChI is InChI=1S/C18H31N3O7.H2/c1-7-27-14(24)18(5,6)11-19-15(25)21-9-8-20(10-12(21)13(22)23)16(26)28-17(2,3)4;/h12H,7-11H2,1-6H3,(H,19,25)(H,22,23);1H/t12-;/m0./s1. The summed E-state index contributed by atoms with van der Waals surface area (Å²) in [6.45, 7) is 10.3. The second kappa shape index (κ2) is 9.11. The van der Waals surface area contributed by atoms with Crippen LogP contribution >= 0.6 is 0 Å². The zero-order valence-corrected chi connectivity index (χ0v) is 17.4. The number of urea groups is 1. The summed E-state index contributed by atoms with van der Waals surface area (Å²) in [5, 5.41) is 12.1. The van der Waals surface area contributed by atoms with E-state index in [1.807, 2.05) is 0 Å². The molecule has 0 radical (unpaired) electrons. The van der Waals surface area contributed by atoms with Crippen molar-refractivity contribution in [2.45, 2.75) is 53.2 Å². The fraction of sp³-hybridized carbons (Fsp3) is 0.778. The van der Waals surface area contributed by atoms with E-state index < -0.39 is 41.1 Å². The van der Waals surface area contributed by atoms with Crippen molar-refractivity contribution in [3.63, 3.8) is 0 Å². The smallest absolute Gasteiger partial charge is 0.410 e. The Morgan fingerprint density at radius 2 is 1.75 bits per heavy atom. The van der Waals surface area contributed by atoms with Crippen LogP contribution in [0.25, 0.3) is 0 Å². The lowest BCUT2D eigenvalue weighted by Gasteiger charge is -2.39. The van der Waals surface area contributed by atoms with Gasteiger partial charge in [0.2, 0.25) is 0 Å². The van der Waals surface area contributed by atoms with Crippen LogP contribution in [-0.4, -0.2) is 83.4 Å². The van der Waals surface area contributed by atoms with Crippen LogP contribution in [0.3, 0.4) is 0 Å². The fourth-order valence-corrected chi connectivity index (χ4v) is 2.53. The van der Waals surface area contributed by atoms with Gasteiger partial charge in [-0.2, -0.15) is 0 Å². The van der Waals surface area contributed by atoms with E-state index in [1.54, 1.807) is 41.5 Å². The Hall–Kier alpha value is -2.52. The highest BCUT2D eigenvalue weighted by Crippen LogP contribution is 2.18. The van der Waals surface area contributed by atoms with E-state index >= 15 is 0 Å². The van der Waals surface area contributed by atoms with Crippen LogP contribution in [0.4, 0.5) is 9.59 Å². The highest BCUT2D eigenvalue weighted by molar-refractivity contribution is 5.84. The summed E-state index contributed by atoms with van der Waals surface area (Å²) in [7, 11) is 0. The van der Waals surface area contributed by atoms with Crippen LogP contribution < -0.4 is 5.32 Å². The minimum absolute atomic E-state index is 0. The molecule has 0 aromatic heterocycles. The number of nitrogens with one attached hydrogen (secondary N) is 1. The zero-order valence-electron chi connectivity index (χ0n) is 17.4. The fourth-order valence-electron chi connectivity index (χ4n) is 2.53. The normalized spacial score (nSPS) is 17.7. The van der Waals surface area contributed by atoms with Crippen LogP contribution in [0, 0.1) is 5.41 Å². The van der Waals surface area contributed by atoms with Crippen LogP contribution in [0.1, 0.15) is 43.0 Å². The highest BCUT2D eigenvalue weighted by Gasteiger charge is 2.39. The van der Waals surface area contributed by atoms with E-state index in [9.17, 15) is 24.3 Å². The van der Waals surface area contributed by atoms with Gasteiger partial charge in [0.25, 0.3) is 0 Å². The molecule has 162 valence electrons. The van der Waals surface area contributed by atoms with Crippen molar-refractivity contribution in [3.05, 3.63) is 0 Å². The Morgan fingerprint density at radius 3 is 2.25 bits per heavy atom. The van der Waals surface area contributed by atoms with E-state index in [0.717, 1.165) is 4.90 Å². The molecular formula is C18H33N3O7. The number of aliphatic carboxylic acids is 1. The highest BCUT2D eigenvalue weighted by atomic mass is 16.6. The Bertz CT molecular complexity index is 619. The number of amides is 3. The van der Waals surface area contributed by atoms with Gasteiger partial charge in [-0.1, -0.05) is 0 Å². The molecule has 1 saturated heterocycles. The first-order chi connectivity index (χ1) is 12.8. The summed E-state index contributed by atoms with van der Waals surface area (Å²) in [6.07, 6.45) is -0.623. The van der Waals surface area contributed by atoms with Crippen molar-refractivity contribution < 1.29 is 35.2 Å². The molecule has 28 heavy (non-hydrogen) atoms. The first-order valence-electron chi connectivity index (χ1n) is 9.21. The van der Waals surface area contributed by atoms with Crippen molar-refractivity contribution in [1.29, 1.82) is 0 Å². The largest absolute Gasteiger partial charge is 0.480 e. The average Bonchev–Trinajstić information content (AvgIpc) is 2.57. The minimum atomic E-state index is -1.23. The summed E-state index contributed by atoms with van der Waals surface area (Å²) in [6, 6.07) is -1.83. The number of ether oxygens (including phenoxy) is 2. The van der Waals surface area contributed by atoms with Gasteiger partial charge in [-0.05, 0) is 41.5 Å². The first-order valence-corrected chi connectivity index (χ1v) is 9.21. The molecule has 1 atom stereocenters. The number of hydrogen-bond acceptors (Lipinski definition) is 6. The number of carboxylic acids is 1. The Balaban J connectivity index is 0.00000784. The molecule has 0 aromatic carbocycles. The van der Waals surface area contributed by atoms with Crippen molar-refractivity contribution in [2.24, 2.45) is 5.41 Å². The maximum Gasteiger partial charge on any atom is 0.410 e. The van der Waals surface area contributed by atoms with Crippen molar-refractivity contribution in [2.75, 3.05) is 32.8 Å².